The Kier molecular flexibility index (Phi) is 3.58. The topological polar surface area (TPSA) is 4.93 Å². The molecule has 19 heavy (non-hydrogen) atoms. The number of hydrogen-bond donors (Lipinski definition) is 0. The third-order valence-corrected chi connectivity index (χ3v) is 4.69. The van der Waals surface area contributed by atoms with Crippen molar-refractivity contribution in [3.05, 3.63) is 65.5 Å². The second kappa shape index (κ2) is 5.35. The van der Waals surface area contributed by atoms with Crippen molar-refractivity contribution in [2.75, 3.05) is 5.75 Å². The van der Waals surface area contributed by atoms with Crippen LogP contribution in [0.5, 0.6) is 0 Å². The van der Waals surface area contributed by atoms with Gasteiger partial charge in [0.1, 0.15) is 0 Å². The molecule has 0 amide bonds. The van der Waals surface area contributed by atoms with E-state index in [0.717, 1.165) is 9.95 Å². The van der Waals surface area contributed by atoms with Gasteiger partial charge in [-0.05, 0) is 29.5 Å². The van der Waals surface area contributed by atoms with Crippen LogP contribution in [0.15, 0.2) is 54.2 Å². The SMILES string of the molecule is CCSC(=S)C1=Cc2cccn2C1c1ccccc1. The van der Waals surface area contributed by atoms with E-state index in [4.69, 9.17) is 12.2 Å². The summed E-state index contributed by atoms with van der Waals surface area (Å²) in [5.41, 5.74) is 3.79. The van der Waals surface area contributed by atoms with E-state index in [-0.39, 0.29) is 6.04 Å². The maximum Gasteiger partial charge on any atom is 0.0858 e. The minimum atomic E-state index is 0.234. The van der Waals surface area contributed by atoms with E-state index in [2.05, 4.69) is 66.2 Å². The van der Waals surface area contributed by atoms with Crippen LogP contribution in [0.3, 0.4) is 0 Å². The van der Waals surface area contributed by atoms with Crippen LogP contribution in [0.1, 0.15) is 24.2 Å². The average molecular weight is 285 g/mol. The highest BCUT2D eigenvalue weighted by Gasteiger charge is 2.27. The molecule has 1 unspecified atom stereocenters. The molecule has 1 aromatic carbocycles. The molecule has 0 saturated heterocycles. The Morgan fingerprint density at radius 3 is 2.74 bits per heavy atom. The van der Waals surface area contributed by atoms with Crippen molar-refractivity contribution in [2.24, 2.45) is 0 Å². The third-order valence-electron chi connectivity index (χ3n) is 3.31. The number of benzene rings is 1. The fraction of sp³-hybridized carbons (Fsp3) is 0.188. The highest BCUT2D eigenvalue weighted by Crippen LogP contribution is 2.38. The summed E-state index contributed by atoms with van der Waals surface area (Å²) in [7, 11) is 0. The Hall–Kier alpha value is -1.32. The number of nitrogens with zero attached hydrogens (tertiary/aromatic N) is 1. The van der Waals surface area contributed by atoms with Gasteiger partial charge in [-0.3, -0.25) is 0 Å². The molecule has 0 aliphatic carbocycles. The van der Waals surface area contributed by atoms with Crippen molar-refractivity contribution >= 4 is 34.3 Å². The molecule has 2 aromatic rings. The molecule has 2 heterocycles. The summed E-state index contributed by atoms with van der Waals surface area (Å²) < 4.78 is 3.31. The monoisotopic (exact) mass is 285 g/mol. The van der Waals surface area contributed by atoms with Gasteiger partial charge in [-0.15, -0.1) is 11.8 Å². The maximum atomic E-state index is 5.58. The molecule has 0 N–H and O–H groups in total. The van der Waals surface area contributed by atoms with E-state index < -0.39 is 0 Å². The highest BCUT2D eigenvalue weighted by molar-refractivity contribution is 8.23. The van der Waals surface area contributed by atoms with E-state index in [0.29, 0.717) is 0 Å². The standard InChI is InChI=1S/C16H15NS2/c1-2-19-16(18)14-11-13-9-6-10-17(13)15(14)12-7-4-3-5-8-12/h3-11,15H,2H2,1H3. The van der Waals surface area contributed by atoms with Gasteiger partial charge in [-0.1, -0.05) is 49.5 Å². The number of thiocarbonyl (C=S) groups is 1. The molecule has 0 bridgehead atoms. The molecule has 0 saturated carbocycles. The van der Waals surface area contributed by atoms with Crippen LogP contribution in [0.2, 0.25) is 0 Å². The van der Waals surface area contributed by atoms with Crippen LogP contribution in [0.25, 0.3) is 6.08 Å². The molecule has 96 valence electrons. The molecular formula is C16H15NS2. The van der Waals surface area contributed by atoms with Gasteiger partial charge in [0.2, 0.25) is 0 Å². The van der Waals surface area contributed by atoms with Crippen LogP contribution in [-0.4, -0.2) is 14.5 Å². The number of thioether (sulfide) groups is 1. The number of rotatable bonds is 3. The summed E-state index contributed by atoms with van der Waals surface area (Å²) in [5.74, 6) is 1.02. The lowest BCUT2D eigenvalue weighted by Crippen LogP contribution is -2.12. The smallest absolute Gasteiger partial charge is 0.0858 e. The molecule has 1 aromatic heterocycles. The molecule has 3 rings (SSSR count). The van der Waals surface area contributed by atoms with Gasteiger partial charge >= 0.3 is 0 Å². The Morgan fingerprint density at radius 2 is 2.00 bits per heavy atom. The maximum absolute atomic E-state index is 5.58. The Labute approximate surface area is 123 Å². The summed E-state index contributed by atoms with van der Waals surface area (Å²) in [5, 5.41) is 0. The van der Waals surface area contributed by atoms with Crippen molar-refractivity contribution in [2.45, 2.75) is 13.0 Å². The second-order valence-electron chi connectivity index (χ2n) is 4.47. The Morgan fingerprint density at radius 1 is 1.21 bits per heavy atom. The fourth-order valence-corrected chi connectivity index (χ4v) is 3.64. The average Bonchev–Trinajstić information content (AvgIpc) is 2.99. The second-order valence-corrected chi connectivity index (χ2v) is 6.41. The zero-order valence-electron chi connectivity index (χ0n) is 10.7. The first kappa shape index (κ1) is 12.7. The summed E-state index contributed by atoms with van der Waals surface area (Å²) >= 11 is 7.34. The summed E-state index contributed by atoms with van der Waals surface area (Å²) in [6, 6.07) is 15.0. The molecular weight excluding hydrogens is 270 g/mol. The first-order chi connectivity index (χ1) is 9.31. The zero-order chi connectivity index (χ0) is 13.2. The molecule has 3 heteroatoms. The summed E-state index contributed by atoms with van der Waals surface area (Å²) in [6.07, 6.45) is 4.36. The van der Waals surface area contributed by atoms with E-state index in [9.17, 15) is 0 Å². The lowest BCUT2D eigenvalue weighted by molar-refractivity contribution is 0.709. The largest absolute Gasteiger partial charge is 0.336 e. The zero-order valence-corrected chi connectivity index (χ0v) is 12.4. The number of fused-ring (bicyclic) bond motifs is 1. The minimum Gasteiger partial charge on any atom is -0.336 e. The molecule has 0 radical (unpaired) electrons. The predicted octanol–water partition coefficient (Wildman–Crippen LogP) is 4.56. The molecule has 1 nitrogen and oxygen atoms in total. The van der Waals surface area contributed by atoms with E-state index in [1.165, 1.54) is 16.8 Å². The van der Waals surface area contributed by atoms with Crippen molar-refractivity contribution in [3.8, 4) is 0 Å². The van der Waals surface area contributed by atoms with Crippen LogP contribution < -0.4 is 0 Å². The summed E-state index contributed by atoms with van der Waals surface area (Å²) in [6.45, 7) is 2.14. The fourth-order valence-electron chi connectivity index (χ4n) is 2.51. The molecule has 0 fully saturated rings. The van der Waals surface area contributed by atoms with Gasteiger partial charge in [0.15, 0.2) is 0 Å². The molecule has 0 spiro atoms. The first-order valence-electron chi connectivity index (χ1n) is 6.41. The van der Waals surface area contributed by atoms with Gasteiger partial charge in [-0.2, -0.15) is 0 Å². The number of hydrogen-bond acceptors (Lipinski definition) is 2. The van der Waals surface area contributed by atoms with E-state index in [1.54, 1.807) is 11.8 Å². The Bertz CT molecular complexity index is 625. The van der Waals surface area contributed by atoms with Crippen molar-refractivity contribution in [3.63, 3.8) is 0 Å². The molecule has 1 aliphatic rings. The molecule has 1 atom stereocenters. The van der Waals surface area contributed by atoms with Crippen molar-refractivity contribution in [1.29, 1.82) is 0 Å². The van der Waals surface area contributed by atoms with E-state index >= 15 is 0 Å². The van der Waals surface area contributed by atoms with Crippen LogP contribution >= 0.6 is 24.0 Å². The van der Waals surface area contributed by atoms with Crippen LogP contribution in [0.4, 0.5) is 0 Å². The first-order valence-corrected chi connectivity index (χ1v) is 7.81. The van der Waals surface area contributed by atoms with Gasteiger partial charge < -0.3 is 4.57 Å². The lowest BCUT2D eigenvalue weighted by atomic mass is 10.0. The summed E-state index contributed by atoms with van der Waals surface area (Å²) in [4.78, 5) is 0. The van der Waals surface area contributed by atoms with Gasteiger partial charge in [0.05, 0.1) is 10.2 Å². The van der Waals surface area contributed by atoms with Gasteiger partial charge in [-0.25, -0.2) is 0 Å². The normalized spacial score (nSPS) is 17.1. The number of aromatic nitrogens is 1. The van der Waals surface area contributed by atoms with E-state index in [1.807, 2.05) is 0 Å². The van der Waals surface area contributed by atoms with Gasteiger partial charge in [0, 0.05) is 17.5 Å². The lowest BCUT2D eigenvalue weighted by Gasteiger charge is -2.19. The Balaban J connectivity index is 2.04. The van der Waals surface area contributed by atoms with Crippen molar-refractivity contribution in [1.82, 2.24) is 4.57 Å². The molecule has 1 aliphatic heterocycles. The van der Waals surface area contributed by atoms with Crippen molar-refractivity contribution < 1.29 is 0 Å². The minimum absolute atomic E-state index is 0.234. The van der Waals surface area contributed by atoms with Crippen LogP contribution in [0, 0.1) is 0 Å². The van der Waals surface area contributed by atoms with Gasteiger partial charge in [0.25, 0.3) is 0 Å². The third kappa shape index (κ3) is 2.28. The highest BCUT2D eigenvalue weighted by atomic mass is 32.2. The van der Waals surface area contributed by atoms with Crippen LogP contribution in [-0.2, 0) is 0 Å². The predicted molar refractivity (Wildman–Crippen MR) is 87.7 cm³/mol. The quantitative estimate of drug-likeness (QED) is 0.762.